The van der Waals surface area contributed by atoms with Crippen LogP contribution in [0.25, 0.3) is 0 Å². The van der Waals surface area contributed by atoms with Crippen LogP contribution in [0.15, 0.2) is 0 Å². The van der Waals surface area contributed by atoms with Gasteiger partial charge in [0.2, 0.25) is 0 Å². The van der Waals surface area contributed by atoms with Crippen LogP contribution in [0, 0.1) is 10.8 Å². The molecule has 0 spiro atoms. The van der Waals surface area contributed by atoms with Gasteiger partial charge in [-0.05, 0) is 38.0 Å². The van der Waals surface area contributed by atoms with E-state index in [4.69, 9.17) is 4.74 Å². The molecule has 0 bridgehead atoms. The molecular weight excluding hydrogens is 366 g/mol. The molecule has 6 nitrogen and oxygen atoms in total. The molecule has 176 valence electrons. The lowest BCUT2D eigenvalue weighted by Gasteiger charge is -2.37. The van der Waals surface area contributed by atoms with E-state index in [-0.39, 0.29) is 47.8 Å². The number of hydrogen-bond acceptors (Lipinski definition) is 6. The average Bonchev–Trinajstić information content (AvgIpc) is 2.53. The molecule has 0 saturated carbocycles. The molecule has 5 N–H and O–H groups in total. The van der Waals surface area contributed by atoms with Gasteiger partial charge in [-0.3, -0.25) is 5.32 Å². The number of aliphatic hydroxyl groups excluding tert-OH is 2. The first-order valence-corrected chi connectivity index (χ1v) is 11.3. The highest BCUT2D eigenvalue weighted by Gasteiger charge is 2.29. The van der Waals surface area contributed by atoms with Crippen molar-refractivity contribution in [1.82, 2.24) is 16.0 Å². The lowest BCUT2D eigenvalue weighted by atomic mass is 9.86. The summed E-state index contributed by atoms with van der Waals surface area (Å²) in [6.45, 7) is 23.9. The number of hydrogen-bond donors (Lipinski definition) is 5. The molecule has 0 amide bonds. The van der Waals surface area contributed by atoms with Crippen molar-refractivity contribution in [3.63, 3.8) is 0 Å². The zero-order chi connectivity index (χ0) is 23.0. The van der Waals surface area contributed by atoms with Crippen LogP contribution in [-0.4, -0.2) is 66.0 Å². The van der Waals surface area contributed by atoms with E-state index in [9.17, 15) is 10.2 Å². The molecule has 6 heteroatoms. The van der Waals surface area contributed by atoms with E-state index in [0.29, 0.717) is 19.1 Å². The minimum Gasteiger partial charge on any atom is -0.395 e. The van der Waals surface area contributed by atoms with Gasteiger partial charge >= 0.3 is 0 Å². The second kappa shape index (κ2) is 12.6. The van der Waals surface area contributed by atoms with E-state index in [1.165, 1.54) is 0 Å². The molecule has 0 fully saturated rings. The molecule has 0 radical (unpaired) electrons. The van der Waals surface area contributed by atoms with Crippen molar-refractivity contribution < 1.29 is 14.9 Å². The fraction of sp³-hybridized carbons (Fsp3) is 1.00. The molecule has 0 aliphatic heterocycles. The third-order valence-electron chi connectivity index (χ3n) is 5.48. The minimum atomic E-state index is -0.404. The van der Waals surface area contributed by atoms with Crippen molar-refractivity contribution in [3.8, 4) is 0 Å². The average molecular weight is 418 g/mol. The van der Waals surface area contributed by atoms with Gasteiger partial charge in [0.1, 0.15) is 6.23 Å². The summed E-state index contributed by atoms with van der Waals surface area (Å²) >= 11 is 0. The van der Waals surface area contributed by atoms with E-state index in [1.54, 1.807) is 0 Å². The fourth-order valence-electron chi connectivity index (χ4n) is 3.31. The Morgan fingerprint density at radius 2 is 1.31 bits per heavy atom. The zero-order valence-corrected chi connectivity index (χ0v) is 21.0. The lowest BCUT2D eigenvalue weighted by Crippen LogP contribution is -2.52. The first-order chi connectivity index (χ1) is 13.1. The lowest BCUT2D eigenvalue weighted by molar-refractivity contribution is -0.0154. The molecule has 0 aromatic carbocycles. The molecule has 0 aliphatic rings. The van der Waals surface area contributed by atoms with Crippen molar-refractivity contribution in [2.24, 2.45) is 10.8 Å². The second-order valence-electron chi connectivity index (χ2n) is 11.1. The van der Waals surface area contributed by atoms with Gasteiger partial charge < -0.3 is 25.6 Å². The highest BCUT2D eigenvalue weighted by atomic mass is 16.5. The molecule has 29 heavy (non-hydrogen) atoms. The monoisotopic (exact) mass is 417 g/mol. The molecule has 0 saturated heterocycles. The van der Waals surface area contributed by atoms with Gasteiger partial charge in [0, 0.05) is 30.2 Å². The summed E-state index contributed by atoms with van der Waals surface area (Å²) in [6.07, 6.45) is 0.117. The Kier molecular flexibility index (Phi) is 12.5. The van der Waals surface area contributed by atoms with Crippen molar-refractivity contribution in [2.45, 2.75) is 125 Å². The maximum absolute atomic E-state index is 10.5. The number of rotatable bonds is 13. The van der Waals surface area contributed by atoms with Gasteiger partial charge in [-0.15, -0.1) is 0 Å². The SMILES string of the molecule is CC(C)N[C@H](C)[C@H](O)CC(C)N[C@H](COC(C)N[C@@H](CO)C(C)(C)C)C(C)(C)C. The summed E-state index contributed by atoms with van der Waals surface area (Å²) in [4.78, 5) is 0. The van der Waals surface area contributed by atoms with Gasteiger partial charge in [0.25, 0.3) is 0 Å². The summed E-state index contributed by atoms with van der Waals surface area (Å²) in [5.41, 5.74) is -0.0272. The van der Waals surface area contributed by atoms with Crippen molar-refractivity contribution in [1.29, 1.82) is 0 Å². The maximum atomic E-state index is 10.5. The number of ether oxygens (including phenoxy) is 1. The third-order valence-corrected chi connectivity index (χ3v) is 5.48. The Bertz CT molecular complexity index is 432. The fourth-order valence-corrected chi connectivity index (χ4v) is 3.31. The smallest absolute Gasteiger partial charge is 0.105 e. The molecule has 0 aromatic rings. The molecule has 0 aliphatic carbocycles. The van der Waals surface area contributed by atoms with Crippen LogP contribution < -0.4 is 16.0 Å². The third kappa shape index (κ3) is 12.3. The van der Waals surface area contributed by atoms with Gasteiger partial charge in [-0.2, -0.15) is 0 Å². The van der Waals surface area contributed by atoms with Crippen molar-refractivity contribution in [3.05, 3.63) is 0 Å². The molecule has 0 rings (SSSR count). The van der Waals surface area contributed by atoms with Crippen LogP contribution in [0.1, 0.15) is 82.6 Å². The Morgan fingerprint density at radius 1 is 0.793 bits per heavy atom. The van der Waals surface area contributed by atoms with Crippen LogP contribution in [0.3, 0.4) is 0 Å². The number of nitrogens with one attached hydrogen (secondary N) is 3. The second-order valence-corrected chi connectivity index (χ2v) is 11.1. The topological polar surface area (TPSA) is 85.8 Å². The molecule has 0 heterocycles. The van der Waals surface area contributed by atoms with Crippen molar-refractivity contribution >= 4 is 0 Å². The van der Waals surface area contributed by atoms with Gasteiger partial charge in [-0.25, -0.2) is 0 Å². The minimum absolute atomic E-state index is 0.0150. The van der Waals surface area contributed by atoms with Gasteiger partial charge in [-0.1, -0.05) is 55.4 Å². The van der Waals surface area contributed by atoms with Crippen LogP contribution in [-0.2, 0) is 4.74 Å². The number of aliphatic hydroxyl groups is 2. The molecule has 2 unspecified atom stereocenters. The zero-order valence-electron chi connectivity index (χ0n) is 21.0. The summed E-state index contributed by atoms with van der Waals surface area (Å²) in [7, 11) is 0. The highest BCUT2D eigenvalue weighted by molar-refractivity contribution is 4.86. The molecule has 6 atom stereocenters. The van der Waals surface area contributed by atoms with E-state index >= 15 is 0 Å². The summed E-state index contributed by atoms with van der Waals surface area (Å²) in [6, 6.07) is 0.688. The largest absolute Gasteiger partial charge is 0.395 e. The van der Waals surface area contributed by atoms with Crippen LogP contribution >= 0.6 is 0 Å². The Hall–Kier alpha value is -0.240. The quantitative estimate of drug-likeness (QED) is 0.296. The van der Waals surface area contributed by atoms with E-state index < -0.39 is 6.10 Å². The maximum Gasteiger partial charge on any atom is 0.105 e. The Morgan fingerprint density at radius 3 is 1.72 bits per heavy atom. The standard InChI is InChI=1S/C23H51N3O3/c1-15(2)24-17(4)19(28)12-16(3)25-21(23(9,10)11)14-29-18(5)26-20(13-27)22(6,7)8/h15-21,24-28H,12-14H2,1-11H3/t16?,17-,18?,19-,20+,21-/m1/s1. The van der Waals surface area contributed by atoms with E-state index in [0.717, 1.165) is 0 Å². The predicted octanol–water partition coefficient (Wildman–Crippen LogP) is 2.88. The summed E-state index contributed by atoms with van der Waals surface area (Å²) in [5.74, 6) is 0. The summed E-state index contributed by atoms with van der Waals surface area (Å²) < 4.78 is 6.10. The molecule has 0 aromatic heterocycles. The predicted molar refractivity (Wildman–Crippen MR) is 123 cm³/mol. The normalized spacial score (nSPS) is 19.7. The van der Waals surface area contributed by atoms with E-state index in [1.807, 2.05) is 13.8 Å². The van der Waals surface area contributed by atoms with E-state index in [2.05, 4.69) is 78.3 Å². The van der Waals surface area contributed by atoms with Gasteiger partial charge in [0.05, 0.1) is 19.3 Å². The van der Waals surface area contributed by atoms with Gasteiger partial charge in [0.15, 0.2) is 0 Å². The Labute approximate surface area is 180 Å². The van der Waals surface area contributed by atoms with Crippen molar-refractivity contribution in [2.75, 3.05) is 13.2 Å². The molecular formula is C23H51N3O3. The Balaban J connectivity index is 4.75. The van der Waals surface area contributed by atoms with Crippen LogP contribution in [0.5, 0.6) is 0 Å². The summed E-state index contributed by atoms with van der Waals surface area (Å²) in [5, 5.41) is 30.6. The first-order valence-electron chi connectivity index (χ1n) is 11.3. The van der Waals surface area contributed by atoms with Crippen LogP contribution in [0.2, 0.25) is 0 Å². The first kappa shape index (κ1) is 28.8. The van der Waals surface area contributed by atoms with Crippen LogP contribution in [0.4, 0.5) is 0 Å². The highest BCUT2D eigenvalue weighted by Crippen LogP contribution is 2.22.